The number of nitrogens with one attached hydrogen (secondary N) is 1. The van der Waals surface area contributed by atoms with Crippen molar-refractivity contribution in [1.29, 1.82) is 0 Å². The van der Waals surface area contributed by atoms with Gasteiger partial charge in [0.15, 0.2) is 0 Å². The zero-order chi connectivity index (χ0) is 15.6. The molecule has 2 rings (SSSR count). The summed E-state index contributed by atoms with van der Waals surface area (Å²) in [6, 6.07) is 3.35. The summed E-state index contributed by atoms with van der Waals surface area (Å²) in [7, 11) is -3.56. The van der Waals surface area contributed by atoms with Gasteiger partial charge in [0.1, 0.15) is 0 Å². The van der Waals surface area contributed by atoms with Crippen LogP contribution in [0.15, 0.2) is 17.0 Å². The zero-order valence-corrected chi connectivity index (χ0v) is 13.7. The van der Waals surface area contributed by atoms with E-state index in [-0.39, 0.29) is 10.9 Å². The van der Waals surface area contributed by atoms with Gasteiger partial charge in [-0.05, 0) is 62.8 Å². The predicted octanol–water partition coefficient (Wildman–Crippen LogP) is 1.98. The molecule has 0 bridgehead atoms. The molecular weight excluding hydrogens is 288 g/mol. The van der Waals surface area contributed by atoms with Crippen LogP contribution >= 0.6 is 0 Å². The number of hydrogen-bond acceptors (Lipinski definition) is 4. The predicted molar refractivity (Wildman–Crippen MR) is 83.7 cm³/mol. The molecule has 0 radical (unpaired) electrons. The summed E-state index contributed by atoms with van der Waals surface area (Å²) in [4.78, 5) is 0.277. The van der Waals surface area contributed by atoms with Gasteiger partial charge in [-0.3, -0.25) is 0 Å². The molecular formula is C15H24N2O3S. The van der Waals surface area contributed by atoms with Crippen molar-refractivity contribution in [1.82, 2.24) is 4.72 Å². The first kappa shape index (κ1) is 16.3. The second-order valence-corrected chi connectivity index (χ2v) is 7.52. The van der Waals surface area contributed by atoms with Crippen molar-refractivity contribution < 1.29 is 13.2 Å². The summed E-state index contributed by atoms with van der Waals surface area (Å²) < 4.78 is 33.3. The van der Waals surface area contributed by atoms with Crippen LogP contribution in [0.3, 0.4) is 0 Å². The van der Waals surface area contributed by atoms with Gasteiger partial charge in [0, 0.05) is 24.9 Å². The lowest BCUT2D eigenvalue weighted by molar-refractivity contribution is 0.0585. The molecule has 1 unspecified atom stereocenters. The number of rotatable bonds is 4. The Morgan fingerprint density at radius 3 is 2.52 bits per heavy atom. The largest absolute Gasteiger partial charge is 0.398 e. The minimum atomic E-state index is -3.56. The molecule has 6 heteroatoms. The van der Waals surface area contributed by atoms with E-state index in [4.69, 9.17) is 10.5 Å². The topological polar surface area (TPSA) is 81.4 Å². The summed E-state index contributed by atoms with van der Waals surface area (Å²) >= 11 is 0. The van der Waals surface area contributed by atoms with Gasteiger partial charge in [-0.25, -0.2) is 13.1 Å². The molecule has 1 heterocycles. The average Bonchev–Trinajstić information content (AvgIpc) is 2.43. The third-order valence-corrected chi connectivity index (χ3v) is 5.83. The van der Waals surface area contributed by atoms with Crippen molar-refractivity contribution >= 4 is 15.7 Å². The molecule has 0 saturated carbocycles. The number of anilines is 1. The zero-order valence-electron chi connectivity index (χ0n) is 12.8. The van der Waals surface area contributed by atoms with Crippen LogP contribution in [0.4, 0.5) is 5.69 Å². The van der Waals surface area contributed by atoms with Crippen molar-refractivity contribution in [2.24, 2.45) is 5.92 Å². The molecule has 21 heavy (non-hydrogen) atoms. The normalized spacial score (nSPS) is 18.6. The van der Waals surface area contributed by atoms with E-state index in [1.165, 1.54) is 0 Å². The minimum absolute atomic E-state index is 0.111. The van der Waals surface area contributed by atoms with Crippen molar-refractivity contribution in [2.45, 2.75) is 44.6 Å². The molecule has 0 aromatic heterocycles. The quantitative estimate of drug-likeness (QED) is 0.833. The number of benzene rings is 1. The molecule has 0 spiro atoms. The van der Waals surface area contributed by atoms with E-state index in [2.05, 4.69) is 4.72 Å². The molecule has 1 atom stereocenters. The first-order chi connectivity index (χ1) is 9.81. The number of nitrogens with two attached hydrogens (primary N) is 1. The third-order valence-electron chi connectivity index (χ3n) is 4.15. The van der Waals surface area contributed by atoms with Crippen LogP contribution in [0.1, 0.15) is 30.9 Å². The van der Waals surface area contributed by atoms with Gasteiger partial charge in [0.05, 0.1) is 4.90 Å². The van der Waals surface area contributed by atoms with Gasteiger partial charge in [-0.15, -0.1) is 0 Å². The highest BCUT2D eigenvalue weighted by atomic mass is 32.2. The first-order valence-corrected chi connectivity index (χ1v) is 8.76. The Morgan fingerprint density at radius 1 is 1.29 bits per heavy atom. The van der Waals surface area contributed by atoms with Crippen LogP contribution in [0.2, 0.25) is 0 Å². The Labute approximate surface area is 126 Å². The van der Waals surface area contributed by atoms with Crippen LogP contribution in [-0.2, 0) is 14.8 Å². The van der Waals surface area contributed by atoms with Crippen molar-refractivity contribution in [3.63, 3.8) is 0 Å². The minimum Gasteiger partial charge on any atom is -0.398 e. The fourth-order valence-corrected chi connectivity index (χ4v) is 4.42. The molecule has 1 aromatic rings. The number of nitrogen functional groups attached to an aromatic ring is 1. The second kappa shape index (κ2) is 6.34. The molecule has 3 N–H and O–H groups in total. The van der Waals surface area contributed by atoms with Crippen LogP contribution in [0.5, 0.6) is 0 Å². The van der Waals surface area contributed by atoms with Crippen molar-refractivity contribution in [2.75, 3.05) is 18.9 Å². The molecule has 0 aliphatic carbocycles. The Balaban J connectivity index is 2.22. The van der Waals surface area contributed by atoms with Crippen molar-refractivity contribution in [3.05, 3.63) is 23.3 Å². The van der Waals surface area contributed by atoms with Gasteiger partial charge < -0.3 is 10.5 Å². The molecule has 1 fully saturated rings. The summed E-state index contributed by atoms with van der Waals surface area (Å²) in [5.41, 5.74) is 7.84. The fraction of sp³-hybridized carbons (Fsp3) is 0.600. The number of aryl methyl sites for hydroxylation is 1. The van der Waals surface area contributed by atoms with Crippen LogP contribution in [0.25, 0.3) is 0 Å². The summed E-state index contributed by atoms with van der Waals surface area (Å²) in [5.74, 6) is 0.316. The fourth-order valence-electron chi connectivity index (χ4n) is 2.75. The highest BCUT2D eigenvalue weighted by molar-refractivity contribution is 7.89. The summed E-state index contributed by atoms with van der Waals surface area (Å²) in [5, 5.41) is 0. The summed E-state index contributed by atoms with van der Waals surface area (Å²) in [6.07, 6.45) is 1.78. The molecule has 0 amide bonds. The molecule has 5 nitrogen and oxygen atoms in total. The average molecular weight is 312 g/mol. The Bertz CT molecular complexity index is 608. The first-order valence-electron chi connectivity index (χ1n) is 7.28. The molecule has 1 aliphatic heterocycles. The van der Waals surface area contributed by atoms with Crippen LogP contribution in [0, 0.1) is 19.8 Å². The smallest absolute Gasteiger partial charge is 0.241 e. The van der Waals surface area contributed by atoms with E-state index in [9.17, 15) is 8.42 Å². The van der Waals surface area contributed by atoms with Gasteiger partial charge in [0.25, 0.3) is 0 Å². The van der Waals surface area contributed by atoms with Gasteiger partial charge in [-0.2, -0.15) is 0 Å². The van der Waals surface area contributed by atoms with E-state index in [0.29, 0.717) is 30.4 Å². The SMILES string of the molecule is Cc1cc(N)c(C)c(S(=O)(=O)NC(C)C2CCOCC2)c1. The Morgan fingerprint density at radius 2 is 1.90 bits per heavy atom. The molecule has 1 aromatic carbocycles. The lowest BCUT2D eigenvalue weighted by atomic mass is 9.94. The summed E-state index contributed by atoms with van der Waals surface area (Å²) in [6.45, 7) is 6.90. The van der Waals surface area contributed by atoms with Gasteiger partial charge in [-0.1, -0.05) is 0 Å². The lowest BCUT2D eigenvalue weighted by Crippen LogP contribution is -2.40. The standard InChI is InChI=1S/C15H24N2O3S/c1-10-8-14(16)11(2)15(9-10)21(18,19)17-12(3)13-4-6-20-7-5-13/h8-9,12-13,17H,4-7,16H2,1-3H3. The Kier molecular flexibility index (Phi) is 4.91. The lowest BCUT2D eigenvalue weighted by Gasteiger charge is -2.28. The highest BCUT2D eigenvalue weighted by Gasteiger charge is 2.26. The monoisotopic (exact) mass is 312 g/mol. The van der Waals surface area contributed by atoms with Gasteiger partial charge >= 0.3 is 0 Å². The maximum Gasteiger partial charge on any atom is 0.241 e. The molecule has 118 valence electrons. The van der Waals surface area contributed by atoms with E-state index < -0.39 is 10.0 Å². The molecule has 1 saturated heterocycles. The maximum atomic E-state index is 12.6. The van der Waals surface area contributed by atoms with Crippen LogP contribution < -0.4 is 10.5 Å². The number of ether oxygens (including phenoxy) is 1. The Hall–Kier alpha value is -1.11. The van der Waals surface area contributed by atoms with E-state index in [1.807, 2.05) is 13.8 Å². The second-order valence-electron chi connectivity index (χ2n) is 5.84. The van der Waals surface area contributed by atoms with Gasteiger partial charge in [0.2, 0.25) is 10.0 Å². The third kappa shape index (κ3) is 3.75. The molecule has 1 aliphatic rings. The highest BCUT2D eigenvalue weighted by Crippen LogP contribution is 2.25. The number of hydrogen-bond donors (Lipinski definition) is 2. The van der Waals surface area contributed by atoms with Crippen LogP contribution in [-0.4, -0.2) is 27.7 Å². The van der Waals surface area contributed by atoms with E-state index in [0.717, 1.165) is 18.4 Å². The van der Waals surface area contributed by atoms with Crippen molar-refractivity contribution in [3.8, 4) is 0 Å². The van der Waals surface area contributed by atoms with E-state index in [1.54, 1.807) is 19.1 Å². The van der Waals surface area contributed by atoms with E-state index >= 15 is 0 Å². The maximum absolute atomic E-state index is 12.6. The number of sulfonamides is 1.